The van der Waals surface area contributed by atoms with Crippen LogP contribution in [0.3, 0.4) is 0 Å². The fraction of sp³-hybridized carbons (Fsp3) is 0.444. The molecule has 0 radical (unpaired) electrons. The van der Waals surface area contributed by atoms with Crippen LogP contribution in [-0.2, 0) is 0 Å². The summed E-state index contributed by atoms with van der Waals surface area (Å²) in [5, 5.41) is 10.9. The van der Waals surface area contributed by atoms with Crippen LogP contribution in [0.1, 0.15) is 33.1 Å². The molecule has 0 amide bonds. The van der Waals surface area contributed by atoms with Crippen molar-refractivity contribution in [3.63, 3.8) is 0 Å². The van der Waals surface area contributed by atoms with E-state index in [1.165, 1.54) is 23.5 Å². The Morgan fingerprint density at radius 2 is 1.85 bits per heavy atom. The molecule has 6 nitrogen and oxygen atoms in total. The summed E-state index contributed by atoms with van der Waals surface area (Å²) in [6.45, 7) is 7.47. The van der Waals surface area contributed by atoms with E-state index < -0.39 is 6.10 Å². The lowest BCUT2D eigenvalue weighted by Gasteiger charge is -2.25. The maximum Gasteiger partial charge on any atom is 0.262 e. The first-order chi connectivity index (χ1) is 16.4. The van der Waals surface area contributed by atoms with E-state index in [1.54, 1.807) is 44.3 Å². The van der Waals surface area contributed by atoms with Crippen LogP contribution in [-0.4, -0.2) is 59.0 Å². The Morgan fingerprint density at radius 3 is 2.59 bits per heavy atom. The topological polar surface area (TPSA) is 57.9 Å². The van der Waals surface area contributed by atoms with Gasteiger partial charge in [0.1, 0.15) is 17.7 Å². The van der Waals surface area contributed by atoms with Gasteiger partial charge >= 0.3 is 0 Å². The zero-order valence-corrected chi connectivity index (χ0v) is 19.8. The molecule has 5 rings (SSSR count). The Bertz CT molecular complexity index is 1240. The second kappa shape index (κ2) is 9.39. The van der Waals surface area contributed by atoms with E-state index in [2.05, 4.69) is 9.80 Å². The normalized spacial score (nSPS) is 20.7. The Kier molecular flexibility index (Phi) is 6.32. The number of likely N-dealkylation sites (tertiary alicyclic amines) is 1. The molecule has 2 aliphatic heterocycles. The highest BCUT2D eigenvalue weighted by Crippen LogP contribution is 2.29. The van der Waals surface area contributed by atoms with E-state index in [0.717, 1.165) is 38.0 Å². The largest absolute Gasteiger partial charge is 0.488 e. The molecule has 180 valence electrons. The Morgan fingerprint density at radius 1 is 1.06 bits per heavy atom. The van der Waals surface area contributed by atoms with Crippen molar-refractivity contribution in [2.45, 2.75) is 51.4 Å². The average molecular weight is 466 g/mol. The Labute approximate surface area is 199 Å². The summed E-state index contributed by atoms with van der Waals surface area (Å²) in [6.07, 6.45) is 4.28. The zero-order valence-electron chi connectivity index (χ0n) is 19.8. The zero-order chi connectivity index (χ0) is 23.8. The molecule has 2 aliphatic rings. The van der Waals surface area contributed by atoms with Crippen LogP contribution in [0.5, 0.6) is 5.75 Å². The average Bonchev–Trinajstić information content (AvgIpc) is 3.51. The number of halogens is 1. The van der Waals surface area contributed by atoms with Gasteiger partial charge in [0.15, 0.2) is 0 Å². The van der Waals surface area contributed by atoms with E-state index in [-0.39, 0.29) is 17.5 Å². The van der Waals surface area contributed by atoms with Crippen LogP contribution in [0.4, 0.5) is 10.1 Å². The minimum Gasteiger partial charge on any atom is -0.488 e. The SMILES string of the molecule is C[C@H](O)[C@@H](C)Oc1ccc2c(=O)n(-c3ccc(N4CC[C@@H](N5CCCC5)C4)c(F)c3)ccc2c1. The van der Waals surface area contributed by atoms with E-state index in [4.69, 9.17) is 4.74 Å². The molecule has 2 saturated heterocycles. The lowest BCUT2D eigenvalue weighted by molar-refractivity contribution is 0.0605. The van der Waals surface area contributed by atoms with E-state index in [1.807, 2.05) is 12.1 Å². The van der Waals surface area contributed by atoms with Gasteiger partial charge in [-0.05, 0) is 88.0 Å². The van der Waals surface area contributed by atoms with Gasteiger partial charge in [-0.3, -0.25) is 14.3 Å². The molecule has 3 aromatic rings. The number of aliphatic hydroxyl groups is 1. The van der Waals surface area contributed by atoms with Gasteiger partial charge in [-0.25, -0.2) is 4.39 Å². The van der Waals surface area contributed by atoms with Gasteiger partial charge in [-0.15, -0.1) is 0 Å². The van der Waals surface area contributed by atoms with Crippen LogP contribution in [0, 0.1) is 5.82 Å². The summed E-state index contributed by atoms with van der Waals surface area (Å²) in [5.41, 5.74) is 0.898. The lowest BCUT2D eigenvalue weighted by atomic mass is 10.1. The van der Waals surface area contributed by atoms with Crippen molar-refractivity contribution < 1.29 is 14.2 Å². The monoisotopic (exact) mass is 465 g/mol. The van der Waals surface area contributed by atoms with Crippen molar-refractivity contribution in [1.82, 2.24) is 9.47 Å². The van der Waals surface area contributed by atoms with E-state index in [9.17, 15) is 9.90 Å². The van der Waals surface area contributed by atoms with Crippen LogP contribution in [0.25, 0.3) is 16.5 Å². The van der Waals surface area contributed by atoms with Gasteiger partial charge in [-0.1, -0.05) is 0 Å². The summed E-state index contributed by atoms with van der Waals surface area (Å²) in [5.74, 6) is 0.286. The van der Waals surface area contributed by atoms with Crippen molar-refractivity contribution in [2.24, 2.45) is 0 Å². The van der Waals surface area contributed by atoms with Gasteiger partial charge in [0, 0.05) is 36.8 Å². The number of pyridine rings is 1. The molecule has 3 heterocycles. The number of ether oxygens (including phenoxy) is 1. The maximum atomic E-state index is 15.2. The third kappa shape index (κ3) is 4.42. The number of hydrogen-bond donors (Lipinski definition) is 1. The number of rotatable bonds is 6. The third-order valence-corrected chi connectivity index (χ3v) is 7.25. The van der Waals surface area contributed by atoms with Crippen LogP contribution in [0.15, 0.2) is 53.5 Å². The highest BCUT2D eigenvalue weighted by Gasteiger charge is 2.30. The number of aliphatic hydroxyl groups excluding tert-OH is 1. The minimum absolute atomic E-state index is 0.213. The summed E-state index contributed by atoms with van der Waals surface area (Å²) in [6, 6.07) is 12.6. The second-order valence-electron chi connectivity index (χ2n) is 9.57. The molecule has 0 bridgehead atoms. The van der Waals surface area contributed by atoms with Gasteiger partial charge in [0.2, 0.25) is 0 Å². The second-order valence-corrected chi connectivity index (χ2v) is 9.57. The first kappa shape index (κ1) is 22.9. The third-order valence-electron chi connectivity index (χ3n) is 7.25. The van der Waals surface area contributed by atoms with Crippen LogP contribution >= 0.6 is 0 Å². The van der Waals surface area contributed by atoms with Crippen molar-refractivity contribution in [3.8, 4) is 11.4 Å². The number of anilines is 1. The highest BCUT2D eigenvalue weighted by molar-refractivity contribution is 5.83. The fourth-order valence-corrected chi connectivity index (χ4v) is 5.08. The molecular weight excluding hydrogens is 433 g/mol. The Hall–Kier alpha value is -2.90. The van der Waals surface area contributed by atoms with Crippen molar-refractivity contribution in [1.29, 1.82) is 0 Å². The van der Waals surface area contributed by atoms with Gasteiger partial charge in [-0.2, -0.15) is 0 Å². The molecule has 0 spiro atoms. The predicted molar refractivity (Wildman–Crippen MR) is 133 cm³/mol. The molecule has 1 aromatic heterocycles. The van der Waals surface area contributed by atoms with Crippen molar-refractivity contribution in [3.05, 3.63) is 64.8 Å². The number of benzene rings is 2. The molecule has 2 fully saturated rings. The maximum absolute atomic E-state index is 15.2. The fourth-order valence-electron chi connectivity index (χ4n) is 5.08. The number of aromatic nitrogens is 1. The first-order valence-electron chi connectivity index (χ1n) is 12.2. The smallest absolute Gasteiger partial charge is 0.262 e. The molecule has 7 heteroatoms. The summed E-state index contributed by atoms with van der Waals surface area (Å²) in [7, 11) is 0. The number of fused-ring (bicyclic) bond motifs is 1. The molecule has 0 aliphatic carbocycles. The van der Waals surface area contributed by atoms with Crippen LogP contribution < -0.4 is 15.2 Å². The Balaban J connectivity index is 1.37. The first-order valence-corrected chi connectivity index (χ1v) is 12.2. The van der Waals surface area contributed by atoms with Crippen LogP contribution in [0.2, 0.25) is 0 Å². The predicted octanol–water partition coefficient (Wildman–Crippen LogP) is 3.95. The number of nitrogens with zero attached hydrogens (tertiary/aromatic N) is 3. The number of hydrogen-bond acceptors (Lipinski definition) is 5. The minimum atomic E-state index is -0.603. The molecule has 3 atom stereocenters. The summed E-state index contributed by atoms with van der Waals surface area (Å²) >= 11 is 0. The van der Waals surface area contributed by atoms with Gasteiger partial charge in [0.25, 0.3) is 5.56 Å². The molecular formula is C27H32FN3O3. The quantitative estimate of drug-likeness (QED) is 0.597. The van der Waals surface area contributed by atoms with Crippen molar-refractivity contribution in [2.75, 3.05) is 31.1 Å². The molecule has 0 saturated carbocycles. The highest BCUT2D eigenvalue weighted by atomic mass is 19.1. The molecule has 1 N–H and O–H groups in total. The molecule has 34 heavy (non-hydrogen) atoms. The molecule has 0 unspecified atom stereocenters. The summed E-state index contributed by atoms with van der Waals surface area (Å²) in [4.78, 5) is 17.8. The molecule has 2 aromatic carbocycles. The van der Waals surface area contributed by atoms with Gasteiger partial charge in [0.05, 0.1) is 17.5 Å². The van der Waals surface area contributed by atoms with E-state index >= 15 is 4.39 Å². The summed E-state index contributed by atoms with van der Waals surface area (Å²) < 4.78 is 22.4. The van der Waals surface area contributed by atoms with E-state index in [0.29, 0.717) is 28.6 Å². The van der Waals surface area contributed by atoms with Gasteiger partial charge < -0.3 is 14.7 Å². The van der Waals surface area contributed by atoms with Crippen molar-refractivity contribution >= 4 is 16.5 Å². The standard InChI is InChI=1S/C27H32FN3O3/c1-18(32)19(2)34-23-6-7-24-20(15-23)9-14-31(27(24)33)21-5-8-26(25(28)16-21)30-13-10-22(17-30)29-11-3-4-12-29/h5-9,14-16,18-19,22,32H,3-4,10-13,17H2,1-2H3/t18-,19+,22+/m0/s1. The lowest BCUT2D eigenvalue weighted by Crippen LogP contribution is -2.35.